The number of hydrogen-bond acceptors (Lipinski definition) is 4. The van der Waals surface area contributed by atoms with Crippen molar-refractivity contribution in [2.24, 2.45) is 50.7 Å². The number of Topliss-reactive ketones (excluding diaryl/α,β-unsaturated/α-hetero) is 1. The van der Waals surface area contributed by atoms with Gasteiger partial charge in [-0.3, -0.25) is 9.59 Å². The van der Waals surface area contributed by atoms with Crippen LogP contribution in [0.4, 0.5) is 0 Å². The average molecular weight is 524 g/mol. The molecule has 5 rings (SSSR count). The number of ether oxygens (including phenoxy) is 1. The molecule has 0 aromatic heterocycles. The van der Waals surface area contributed by atoms with Crippen molar-refractivity contribution in [3.8, 4) is 0 Å². The fourth-order valence-electron chi connectivity index (χ4n) is 9.83. The van der Waals surface area contributed by atoms with Gasteiger partial charge in [0, 0.05) is 31.0 Å². The second-order valence-electron chi connectivity index (χ2n) is 14.5. The molecule has 0 radical (unpaired) electrons. The molecule has 5 aliphatic rings. The van der Waals surface area contributed by atoms with Crippen molar-refractivity contribution >= 4 is 17.5 Å². The molecule has 5 heteroatoms. The minimum Gasteiger partial charge on any atom is -0.465 e. The molecule has 0 amide bonds. The molecular weight excluding hydrogens is 474 g/mol. The maximum absolute atomic E-state index is 14.4. The molecule has 0 aromatic rings. The van der Waals surface area contributed by atoms with Gasteiger partial charge in [0.05, 0.1) is 13.2 Å². The summed E-state index contributed by atoms with van der Waals surface area (Å²) in [6.45, 7) is 23.0. The normalized spacial score (nSPS) is 45.2. The number of ketones is 2. The Hall–Kier alpha value is -2.22. The van der Waals surface area contributed by atoms with Crippen LogP contribution in [0.15, 0.2) is 23.4 Å². The topological polar surface area (TPSA) is 64.8 Å². The third-order valence-electron chi connectivity index (χ3n) is 12.2. The molecule has 5 nitrogen and oxygen atoms in total. The summed E-state index contributed by atoms with van der Waals surface area (Å²) >= 11 is 0. The molecule has 0 aliphatic heterocycles. The van der Waals surface area contributed by atoms with E-state index in [2.05, 4.69) is 39.5 Å². The molecule has 0 bridgehead atoms. The summed E-state index contributed by atoms with van der Waals surface area (Å²) in [7, 11) is 1.25. The number of esters is 1. The maximum Gasteiger partial charge on any atom is 0.302 e. The summed E-state index contributed by atoms with van der Waals surface area (Å²) in [6.07, 6.45) is 10.6. The summed E-state index contributed by atoms with van der Waals surface area (Å²) in [6, 6.07) is 0. The molecule has 38 heavy (non-hydrogen) atoms. The van der Waals surface area contributed by atoms with E-state index in [-0.39, 0.29) is 68.6 Å². The van der Waals surface area contributed by atoms with Gasteiger partial charge in [-0.1, -0.05) is 60.6 Å². The van der Waals surface area contributed by atoms with Crippen molar-refractivity contribution in [1.29, 1.82) is 0 Å². The predicted octanol–water partition coefficient (Wildman–Crippen LogP) is 7.37. The largest absolute Gasteiger partial charge is 0.465 e. The second kappa shape index (κ2) is 8.90. The van der Waals surface area contributed by atoms with Gasteiger partial charge in [0.2, 0.25) is 5.70 Å². The highest BCUT2D eigenvalue weighted by Crippen LogP contribution is 2.73. The molecule has 0 spiro atoms. The van der Waals surface area contributed by atoms with Crippen LogP contribution in [0, 0.1) is 57.3 Å². The number of fused-ring (bicyclic) bond motifs is 7. The lowest BCUT2D eigenvalue weighted by Gasteiger charge is -2.68. The van der Waals surface area contributed by atoms with Crippen molar-refractivity contribution in [2.75, 3.05) is 6.61 Å². The zero-order chi connectivity index (χ0) is 29.2. The van der Waals surface area contributed by atoms with Crippen LogP contribution >= 0.6 is 0 Å². The van der Waals surface area contributed by atoms with Crippen LogP contribution in [0.5, 0.6) is 0 Å². The van der Waals surface area contributed by atoms with E-state index in [4.69, 9.17) is 12.7 Å². The number of allylic oxidation sites excluding steroid dienone is 4. The standard InChI is InChI=1S/C32H43NO4.CH4/c1-19-21-9-10-30(6)25(29(21,5)17-23(33-8)27(19)36)15-24(35)26-22-16-28(3,4)11-13-32(22,18-37-20(2)34)14-12-31(26,30)7;/h15,17,19,21-22,26H,9-14,16,18H2,1-7H3;1H4/t19-,21-,22-,26-,29-,30+,31+,32+;/m0./s1/i;1T. The maximum atomic E-state index is 14.4. The first-order chi connectivity index (χ1) is 18.1. The Morgan fingerprint density at radius 2 is 1.76 bits per heavy atom. The van der Waals surface area contributed by atoms with Gasteiger partial charge < -0.3 is 9.53 Å². The molecule has 0 saturated heterocycles. The SMILES string of the molecule is [3H]C.[C-]#[N+]C1=C[C@]2(C)C3=CC(=O)[C@@H]4[C@@H]5CC(C)(C)CC[C@]5(COC(C)=O)CC[C@@]4(C)[C@]3(C)CC[C@H]2[C@H](C)C1=O. The minimum atomic E-state index is -0.470. The van der Waals surface area contributed by atoms with Crippen LogP contribution in [0.1, 0.15) is 102 Å². The minimum absolute atomic E-state index is 0.0507. The Kier molecular flexibility index (Phi) is 6.41. The highest BCUT2D eigenvalue weighted by molar-refractivity contribution is 6.01. The van der Waals surface area contributed by atoms with E-state index in [1.807, 2.05) is 19.1 Å². The molecule has 0 heterocycles. The van der Waals surface area contributed by atoms with E-state index in [9.17, 15) is 14.4 Å². The lowest BCUT2D eigenvalue weighted by Crippen LogP contribution is -2.64. The molecule has 0 aromatic carbocycles. The van der Waals surface area contributed by atoms with Crippen molar-refractivity contribution in [2.45, 2.75) is 101 Å². The summed E-state index contributed by atoms with van der Waals surface area (Å²) in [4.78, 5) is 42.7. The molecule has 5 aliphatic carbocycles. The van der Waals surface area contributed by atoms with Gasteiger partial charge in [0.25, 0.3) is 0 Å². The van der Waals surface area contributed by atoms with E-state index in [1.165, 1.54) is 14.3 Å². The van der Waals surface area contributed by atoms with Crippen LogP contribution in [-0.2, 0) is 19.1 Å². The Bertz CT molecular complexity index is 1180. The van der Waals surface area contributed by atoms with Gasteiger partial charge >= 0.3 is 5.97 Å². The summed E-state index contributed by atoms with van der Waals surface area (Å²) in [5.74, 6) is -0.144. The average Bonchev–Trinajstić information content (AvgIpc) is 2.88. The third-order valence-corrected chi connectivity index (χ3v) is 12.2. The quantitative estimate of drug-likeness (QED) is 0.280. The Labute approximate surface area is 231 Å². The van der Waals surface area contributed by atoms with Crippen molar-refractivity contribution in [3.05, 3.63) is 34.8 Å². The molecule has 3 saturated carbocycles. The van der Waals surface area contributed by atoms with E-state index in [0.717, 1.165) is 50.5 Å². The van der Waals surface area contributed by atoms with Gasteiger partial charge in [0.1, 0.15) is 0 Å². The Morgan fingerprint density at radius 3 is 2.39 bits per heavy atom. The first-order valence-corrected chi connectivity index (χ1v) is 14.2. The molecular formula is C33H47NO4. The molecule has 0 unspecified atom stereocenters. The van der Waals surface area contributed by atoms with E-state index >= 15 is 0 Å². The number of carbonyl (C=O) groups excluding carboxylic acids is 3. The number of hydrogen-bond donors (Lipinski definition) is 0. The predicted molar refractivity (Wildman–Crippen MR) is 149 cm³/mol. The van der Waals surface area contributed by atoms with Crippen LogP contribution < -0.4 is 0 Å². The Balaban J connectivity index is 0.00000172. The fourth-order valence-corrected chi connectivity index (χ4v) is 9.83. The van der Waals surface area contributed by atoms with Crippen LogP contribution in [0.25, 0.3) is 4.85 Å². The van der Waals surface area contributed by atoms with Crippen LogP contribution in [0.3, 0.4) is 0 Å². The van der Waals surface area contributed by atoms with Crippen molar-refractivity contribution in [3.63, 3.8) is 0 Å². The van der Waals surface area contributed by atoms with E-state index in [1.54, 1.807) is 0 Å². The van der Waals surface area contributed by atoms with Crippen molar-refractivity contribution < 1.29 is 20.5 Å². The number of rotatable bonds is 2. The first kappa shape index (κ1) is 27.4. The lowest BCUT2D eigenvalue weighted by molar-refractivity contribution is -0.183. The third kappa shape index (κ3) is 3.72. The van der Waals surface area contributed by atoms with Gasteiger partial charge in [-0.15, -0.1) is 0 Å². The van der Waals surface area contributed by atoms with Crippen molar-refractivity contribution in [1.82, 2.24) is 0 Å². The smallest absolute Gasteiger partial charge is 0.302 e. The van der Waals surface area contributed by atoms with E-state index in [0.29, 0.717) is 6.61 Å². The molecule has 0 N–H and O–H groups in total. The highest BCUT2D eigenvalue weighted by Gasteiger charge is 2.69. The first-order valence-electron chi connectivity index (χ1n) is 15.2. The fraction of sp³-hybridized carbons (Fsp3) is 0.758. The molecule has 208 valence electrons. The molecule has 8 atom stereocenters. The Morgan fingerprint density at radius 1 is 1.11 bits per heavy atom. The number of nitrogens with zero attached hydrogens (tertiary/aromatic N) is 1. The van der Waals surface area contributed by atoms with E-state index < -0.39 is 5.41 Å². The monoisotopic (exact) mass is 523 g/mol. The van der Waals surface area contributed by atoms with Gasteiger partial charge in [-0.2, -0.15) is 0 Å². The summed E-state index contributed by atoms with van der Waals surface area (Å²) in [5.41, 5.74) is 0.475. The zero-order valence-electron chi connectivity index (χ0n) is 25.7. The molecule has 3 fully saturated rings. The van der Waals surface area contributed by atoms with Gasteiger partial charge in [0.15, 0.2) is 11.6 Å². The van der Waals surface area contributed by atoms with Gasteiger partial charge in [-0.25, -0.2) is 4.85 Å². The van der Waals surface area contributed by atoms with Gasteiger partial charge in [-0.05, 0) is 79.1 Å². The van der Waals surface area contributed by atoms with Crippen LogP contribution in [-0.4, -0.2) is 24.1 Å². The second-order valence-corrected chi connectivity index (χ2v) is 14.5. The lowest BCUT2D eigenvalue weighted by atomic mass is 9.35. The highest BCUT2D eigenvalue weighted by atomic mass is 16.5. The summed E-state index contributed by atoms with van der Waals surface area (Å²) < 4.78 is 11.4. The summed E-state index contributed by atoms with van der Waals surface area (Å²) in [5, 5.41) is 0. The zero-order valence-corrected chi connectivity index (χ0v) is 24.7. The van der Waals surface area contributed by atoms with Crippen LogP contribution in [0.2, 0.25) is 0 Å². The number of carbonyl (C=O) groups is 3.